The first-order chi connectivity index (χ1) is 11.2. The maximum absolute atomic E-state index is 12.9. The van der Waals surface area contributed by atoms with Crippen molar-refractivity contribution in [1.82, 2.24) is 9.78 Å². The largest absolute Gasteiger partial charge is 0.496 e. The van der Waals surface area contributed by atoms with Gasteiger partial charge in [0.25, 0.3) is 10.0 Å². The summed E-state index contributed by atoms with van der Waals surface area (Å²) in [6, 6.07) is 2.17. The highest BCUT2D eigenvalue weighted by Crippen LogP contribution is 2.33. The molecular weight excluding hydrogens is 358 g/mol. The number of sulfonamides is 1. The zero-order chi connectivity index (χ0) is 18.1. The molecule has 2 rings (SSSR count). The standard InChI is InChI=1S/C14H16ClN3O5S/c1-4-18(9-7-16-17(2)8-9)24(21,22)13-6-12(23-3)10(14(19)20)5-11(13)15/h5-8H,4H2,1-3H3,(H,19,20). The second-order valence-corrected chi connectivity index (χ2v) is 7.07. The van der Waals surface area contributed by atoms with Crippen LogP contribution in [0.15, 0.2) is 29.4 Å². The number of halogens is 1. The fourth-order valence-electron chi connectivity index (χ4n) is 2.22. The topological polar surface area (TPSA) is 102 Å². The third kappa shape index (κ3) is 3.17. The van der Waals surface area contributed by atoms with E-state index in [2.05, 4.69) is 5.10 Å². The van der Waals surface area contributed by atoms with E-state index in [0.717, 1.165) is 16.4 Å². The molecule has 0 aliphatic heterocycles. The Morgan fingerprint density at radius 2 is 2.12 bits per heavy atom. The number of aromatic carboxylic acids is 1. The number of ether oxygens (including phenoxy) is 1. The van der Waals surface area contributed by atoms with Crippen LogP contribution in [0.1, 0.15) is 17.3 Å². The molecule has 10 heteroatoms. The Balaban J connectivity index is 2.62. The number of aryl methyl sites for hydroxylation is 1. The Kier molecular flexibility index (Phi) is 5.05. The minimum atomic E-state index is -4.02. The van der Waals surface area contributed by atoms with Crippen LogP contribution < -0.4 is 9.04 Å². The van der Waals surface area contributed by atoms with Crippen LogP contribution in [0.4, 0.5) is 5.69 Å². The summed E-state index contributed by atoms with van der Waals surface area (Å²) in [7, 11) is -1.10. The molecule has 8 nitrogen and oxygen atoms in total. The number of nitrogens with zero attached hydrogens (tertiary/aromatic N) is 3. The van der Waals surface area contributed by atoms with Gasteiger partial charge in [-0.2, -0.15) is 5.10 Å². The predicted octanol–water partition coefficient (Wildman–Crippen LogP) is 2.00. The number of anilines is 1. The number of carboxylic acid groups (broad SMARTS) is 1. The molecule has 1 N–H and O–H groups in total. The van der Waals surface area contributed by atoms with E-state index in [1.807, 2.05) is 0 Å². The lowest BCUT2D eigenvalue weighted by Gasteiger charge is -2.22. The molecule has 0 saturated heterocycles. The fourth-order valence-corrected chi connectivity index (χ4v) is 4.18. The average molecular weight is 374 g/mol. The molecule has 0 bridgehead atoms. The van der Waals surface area contributed by atoms with Crippen molar-refractivity contribution in [2.45, 2.75) is 11.8 Å². The predicted molar refractivity (Wildman–Crippen MR) is 88.4 cm³/mol. The van der Waals surface area contributed by atoms with Gasteiger partial charge in [0.2, 0.25) is 0 Å². The van der Waals surface area contributed by atoms with Crippen LogP contribution in [-0.2, 0) is 17.1 Å². The Labute approximate surface area is 144 Å². The Morgan fingerprint density at radius 1 is 1.46 bits per heavy atom. The van der Waals surface area contributed by atoms with Crippen LogP contribution in [-0.4, -0.2) is 42.9 Å². The van der Waals surface area contributed by atoms with Gasteiger partial charge in [-0.15, -0.1) is 0 Å². The molecular formula is C14H16ClN3O5S. The lowest BCUT2D eigenvalue weighted by atomic mass is 10.2. The van der Waals surface area contributed by atoms with Crippen LogP contribution in [0.5, 0.6) is 5.75 Å². The van der Waals surface area contributed by atoms with Gasteiger partial charge in [-0.1, -0.05) is 11.6 Å². The number of benzene rings is 1. The Bertz CT molecular complexity index is 879. The zero-order valence-corrected chi connectivity index (χ0v) is 14.8. The van der Waals surface area contributed by atoms with Gasteiger partial charge in [-0.3, -0.25) is 8.99 Å². The number of hydrogen-bond donors (Lipinski definition) is 1. The van der Waals surface area contributed by atoms with E-state index >= 15 is 0 Å². The molecule has 0 spiro atoms. The minimum Gasteiger partial charge on any atom is -0.496 e. The molecule has 0 atom stereocenters. The van der Waals surface area contributed by atoms with Crippen LogP contribution in [0.3, 0.4) is 0 Å². The zero-order valence-electron chi connectivity index (χ0n) is 13.2. The van der Waals surface area contributed by atoms with Crippen molar-refractivity contribution in [1.29, 1.82) is 0 Å². The number of rotatable bonds is 6. The van der Waals surface area contributed by atoms with Crippen molar-refractivity contribution < 1.29 is 23.1 Å². The maximum atomic E-state index is 12.9. The van der Waals surface area contributed by atoms with Crippen LogP contribution in [0.25, 0.3) is 0 Å². The molecule has 0 aliphatic carbocycles. The summed E-state index contributed by atoms with van der Waals surface area (Å²) in [5.74, 6) is -1.36. The quantitative estimate of drug-likeness (QED) is 0.830. The number of methoxy groups -OCH3 is 1. The van der Waals surface area contributed by atoms with E-state index in [1.54, 1.807) is 20.2 Å². The van der Waals surface area contributed by atoms with E-state index in [-0.39, 0.29) is 27.8 Å². The van der Waals surface area contributed by atoms with Gasteiger partial charge >= 0.3 is 5.97 Å². The van der Waals surface area contributed by atoms with E-state index < -0.39 is 16.0 Å². The van der Waals surface area contributed by atoms with Crippen molar-refractivity contribution >= 4 is 33.3 Å². The molecule has 0 aliphatic rings. The molecule has 130 valence electrons. The normalized spacial score (nSPS) is 11.3. The van der Waals surface area contributed by atoms with Crippen molar-refractivity contribution in [3.05, 3.63) is 35.1 Å². The van der Waals surface area contributed by atoms with Crippen LogP contribution >= 0.6 is 11.6 Å². The van der Waals surface area contributed by atoms with E-state index in [4.69, 9.17) is 21.4 Å². The highest BCUT2D eigenvalue weighted by atomic mass is 35.5. The number of carboxylic acids is 1. The fraction of sp³-hybridized carbons (Fsp3) is 0.286. The van der Waals surface area contributed by atoms with E-state index in [1.165, 1.54) is 18.0 Å². The summed E-state index contributed by atoms with van der Waals surface area (Å²) in [4.78, 5) is 11.0. The molecule has 0 saturated carbocycles. The number of hydrogen-bond acceptors (Lipinski definition) is 5. The minimum absolute atomic E-state index is 0.0901. The molecule has 0 unspecified atom stereocenters. The number of carbonyl (C=O) groups is 1. The summed E-state index contributed by atoms with van der Waals surface area (Å²) in [5, 5.41) is 12.9. The molecule has 0 fully saturated rings. The molecule has 24 heavy (non-hydrogen) atoms. The van der Waals surface area contributed by atoms with Crippen molar-refractivity contribution in [2.24, 2.45) is 7.05 Å². The maximum Gasteiger partial charge on any atom is 0.339 e. The lowest BCUT2D eigenvalue weighted by molar-refractivity contribution is 0.0693. The van der Waals surface area contributed by atoms with Crippen molar-refractivity contribution in [3.63, 3.8) is 0 Å². The first kappa shape index (κ1) is 18.1. The summed E-state index contributed by atoms with van der Waals surface area (Å²) in [5.41, 5.74) is 0.156. The summed E-state index contributed by atoms with van der Waals surface area (Å²) in [6.45, 7) is 1.81. The first-order valence-corrected chi connectivity index (χ1v) is 8.66. The van der Waals surface area contributed by atoms with Gasteiger partial charge < -0.3 is 9.84 Å². The third-order valence-electron chi connectivity index (χ3n) is 3.32. The van der Waals surface area contributed by atoms with Crippen LogP contribution in [0, 0.1) is 0 Å². The molecule has 2 aromatic rings. The second-order valence-electron chi connectivity index (χ2n) is 4.83. The highest BCUT2D eigenvalue weighted by molar-refractivity contribution is 7.93. The van der Waals surface area contributed by atoms with Crippen LogP contribution in [0.2, 0.25) is 5.02 Å². The SMILES string of the molecule is CCN(c1cnn(C)c1)S(=O)(=O)c1cc(OC)c(C(=O)O)cc1Cl. The van der Waals surface area contributed by atoms with Gasteiger partial charge in [0.1, 0.15) is 16.2 Å². The molecule has 1 aromatic heterocycles. The van der Waals surface area contributed by atoms with Gasteiger partial charge in [0.05, 0.1) is 24.0 Å². The third-order valence-corrected chi connectivity index (χ3v) is 5.69. The van der Waals surface area contributed by atoms with Gasteiger partial charge in [0.15, 0.2) is 0 Å². The molecule has 1 heterocycles. The molecule has 0 amide bonds. The van der Waals surface area contributed by atoms with Gasteiger partial charge in [-0.05, 0) is 13.0 Å². The van der Waals surface area contributed by atoms with E-state index in [9.17, 15) is 13.2 Å². The monoisotopic (exact) mass is 373 g/mol. The van der Waals surface area contributed by atoms with E-state index in [0.29, 0.717) is 5.69 Å². The first-order valence-electron chi connectivity index (χ1n) is 6.84. The Morgan fingerprint density at radius 3 is 2.58 bits per heavy atom. The molecule has 1 aromatic carbocycles. The smallest absolute Gasteiger partial charge is 0.339 e. The summed E-state index contributed by atoms with van der Waals surface area (Å²) >= 11 is 6.04. The highest BCUT2D eigenvalue weighted by Gasteiger charge is 2.29. The van der Waals surface area contributed by atoms with Crippen molar-refractivity contribution in [2.75, 3.05) is 18.0 Å². The summed E-state index contributed by atoms with van der Waals surface area (Å²) < 4.78 is 33.5. The van der Waals surface area contributed by atoms with Gasteiger partial charge in [0, 0.05) is 25.9 Å². The number of aromatic nitrogens is 2. The van der Waals surface area contributed by atoms with Gasteiger partial charge in [-0.25, -0.2) is 13.2 Å². The average Bonchev–Trinajstić information content (AvgIpc) is 2.93. The lowest BCUT2D eigenvalue weighted by Crippen LogP contribution is -2.30. The second kappa shape index (κ2) is 6.70. The Hall–Kier alpha value is -2.26. The van der Waals surface area contributed by atoms with Crippen molar-refractivity contribution in [3.8, 4) is 5.75 Å². The summed E-state index contributed by atoms with van der Waals surface area (Å²) in [6.07, 6.45) is 2.97. The molecule has 0 radical (unpaired) electrons.